The Bertz CT molecular complexity index is 306. The van der Waals surface area contributed by atoms with E-state index in [1.165, 1.54) is 0 Å². The summed E-state index contributed by atoms with van der Waals surface area (Å²) in [7, 11) is 0.626. The molecule has 0 fully saturated rings. The van der Waals surface area contributed by atoms with Crippen LogP contribution in [0.5, 0.6) is 0 Å². The third-order valence-electron chi connectivity index (χ3n) is 2.25. The standard InChI is InChI=1S/C13H25NO3Si/c1-12(6-7-14-2)13(15)17-9-8-16-10-11-18(3,4)5/h6-7H,8-11H2,1-5H3. The van der Waals surface area contributed by atoms with Crippen molar-refractivity contribution in [3.05, 3.63) is 11.6 Å². The molecule has 0 rings (SSSR count). The molecule has 0 atom stereocenters. The number of rotatable bonds is 8. The van der Waals surface area contributed by atoms with E-state index in [0.29, 0.717) is 18.8 Å². The minimum absolute atomic E-state index is 0.305. The van der Waals surface area contributed by atoms with Crippen molar-refractivity contribution in [3.8, 4) is 0 Å². The van der Waals surface area contributed by atoms with Crippen LogP contribution < -0.4 is 0 Å². The molecule has 18 heavy (non-hydrogen) atoms. The van der Waals surface area contributed by atoms with Crippen LogP contribution in [0.3, 0.4) is 0 Å². The molecule has 0 aromatic carbocycles. The fourth-order valence-corrected chi connectivity index (χ4v) is 1.80. The molecule has 0 saturated carbocycles. The van der Waals surface area contributed by atoms with E-state index >= 15 is 0 Å². The van der Waals surface area contributed by atoms with E-state index in [9.17, 15) is 4.79 Å². The number of carbonyl (C=O) groups is 1. The molecule has 104 valence electrons. The second-order valence-electron chi connectivity index (χ2n) is 5.32. The smallest absolute Gasteiger partial charge is 0.333 e. The van der Waals surface area contributed by atoms with Crippen LogP contribution >= 0.6 is 0 Å². The summed E-state index contributed by atoms with van der Waals surface area (Å²) in [6, 6.07) is 1.13. The molecular formula is C13H25NO3Si. The lowest BCUT2D eigenvalue weighted by molar-refractivity contribution is -0.140. The highest BCUT2D eigenvalue weighted by Crippen LogP contribution is 2.07. The summed E-state index contributed by atoms with van der Waals surface area (Å²) in [4.78, 5) is 15.2. The third kappa shape index (κ3) is 10.2. The molecule has 0 radical (unpaired) electrons. The van der Waals surface area contributed by atoms with Crippen LogP contribution in [-0.4, -0.2) is 47.1 Å². The summed E-state index contributed by atoms with van der Waals surface area (Å²) in [6.45, 7) is 10.1. The zero-order valence-electron chi connectivity index (χ0n) is 12.2. The maximum Gasteiger partial charge on any atom is 0.333 e. The highest BCUT2D eigenvalue weighted by molar-refractivity contribution is 6.76. The lowest BCUT2D eigenvalue weighted by atomic mass is 10.3. The molecule has 0 heterocycles. The minimum atomic E-state index is -1.03. The molecule has 0 aromatic rings. The number of hydrogen-bond donors (Lipinski definition) is 0. The molecule has 0 saturated heterocycles. The van der Waals surface area contributed by atoms with Crippen molar-refractivity contribution in [2.75, 3.05) is 26.9 Å². The van der Waals surface area contributed by atoms with Crippen molar-refractivity contribution in [3.63, 3.8) is 0 Å². The molecule has 0 N–H and O–H groups in total. The van der Waals surface area contributed by atoms with Crippen LogP contribution in [0.15, 0.2) is 16.6 Å². The predicted molar refractivity (Wildman–Crippen MR) is 78.1 cm³/mol. The summed E-state index contributed by atoms with van der Waals surface area (Å²) < 4.78 is 10.5. The summed E-state index contributed by atoms with van der Waals surface area (Å²) in [5, 5.41) is 0. The van der Waals surface area contributed by atoms with Gasteiger partial charge in [0.1, 0.15) is 6.61 Å². The molecular weight excluding hydrogens is 246 g/mol. The predicted octanol–water partition coefficient (Wildman–Crippen LogP) is 2.53. The molecule has 5 heteroatoms. The van der Waals surface area contributed by atoms with E-state index in [0.717, 1.165) is 12.7 Å². The van der Waals surface area contributed by atoms with Crippen LogP contribution in [0.25, 0.3) is 0 Å². The van der Waals surface area contributed by atoms with Gasteiger partial charge in [0.15, 0.2) is 0 Å². The van der Waals surface area contributed by atoms with Crippen LogP contribution in [0, 0.1) is 0 Å². The largest absolute Gasteiger partial charge is 0.460 e. The first-order chi connectivity index (χ1) is 8.37. The quantitative estimate of drug-likeness (QED) is 0.224. The van der Waals surface area contributed by atoms with E-state index in [4.69, 9.17) is 9.47 Å². The lowest BCUT2D eigenvalue weighted by Gasteiger charge is -2.15. The first-order valence-corrected chi connectivity index (χ1v) is 9.91. The van der Waals surface area contributed by atoms with Gasteiger partial charge in [0.25, 0.3) is 0 Å². The molecule has 0 spiro atoms. The van der Waals surface area contributed by atoms with Gasteiger partial charge in [0, 0.05) is 33.5 Å². The van der Waals surface area contributed by atoms with Crippen LogP contribution in [-0.2, 0) is 14.3 Å². The molecule has 0 amide bonds. The topological polar surface area (TPSA) is 47.9 Å². The zero-order valence-corrected chi connectivity index (χ0v) is 13.2. The zero-order chi connectivity index (χ0) is 14.0. The van der Waals surface area contributed by atoms with Gasteiger partial charge in [-0.25, -0.2) is 4.79 Å². The number of allylic oxidation sites excluding steroid dienone is 1. The summed E-state index contributed by atoms with van der Waals surface area (Å²) >= 11 is 0. The lowest BCUT2D eigenvalue weighted by Crippen LogP contribution is -2.22. The molecule has 0 aliphatic rings. The number of hydrogen-bond acceptors (Lipinski definition) is 4. The van der Waals surface area contributed by atoms with Gasteiger partial charge >= 0.3 is 5.97 Å². The second-order valence-corrected chi connectivity index (χ2v) is 10.9. The molecule has 0 aliphatic carbocycles. The van der Waals surface area contributed by atoms with E-state index in [2.05, 4.69) is 24.6 Å². The Labute approximate surface area is 111 Å². The van der Waals surface area contributed by atoms with Gasteiger partial charge in [-0.2, -0.15) is 0 Å². The van der Waals surface area contributed by atoms with Crippen LogP contribution in [0.2, 0.25) is 25.7 Å². The number of nitrogens with zero attached hydrogens (tertiary/aromatic N) is 1. The number of carbonyl (C=O) groups excluding carboxylic acids is 1. The first-order valence-electron chi connectivity index (χ1n) is 6.21. The average Bonchev–Trinajstić information content (AvgIpc) is 2.28. The van der Waals surface area contributed by atoms with E-state index in [-0.39, 0.29) is 5.97 Å². The van der Waals surface area contributed by atoms with E-state index < -0.39 is 8.07 Å². The van der Waals surface area contributed by atoms with Crippen molar-refractivity contribution in [2.45, 2.75) is 32.6 Å². The summed E-state index contributed by atoms with van der Waals surface area (Å²) in [6.07, 6.45) is 3.20. The maximum atomic E-state index is 11.4. The van der Waals surface area contributed by atoms with Crippen molar-refractivity contribution in [1.29, 1.82) is 0 Å². The third-order valence-corrected chi connectivity index (χ3v) is 3.96. The molecule has 4 nitrogen and oxygen atoms in total. The molecule has 0 unspecified atom stereocenters. The summed E-state index contributed by atoms with van der Waals surface area (Å²) in [5.41, 5.74) is 0.544. The van der Waals surface area contributed by atoms with Gasteiger partial charge in [0.2, 0.25) is 0 Å². The number of aliphatic imine (C=N–C) groups is 1. The summed E-state index contributed by atoms with van der Waals surface area (Å²) in [5.74, 6) is -0.316. The van der Waals surface area contributed by atoms with Gasteiger partial charge in [-0.15, -0.1) is 0 Å². The first kappa shape index (κ1) is 17.1. The molecule has 0 aliphatic heterocycles. The Morgan fingerprint density at radius 3 is 2.44 bits per heavy atom. The fourth-order valence-electron chi connectivity index (χ4n) is 1.04. The Morgan fingerprint density at radius 1 is 1.22 bits per heavy atom. The Kier molecular flexibility index (Phi) is 8.57. The maximum absolute atomic E-state index is 11.4. The van der Waals surface area contributed by atoms with Crippen molar-refractivity contribution < 1.29 is 14.3 Å². The van der Waals surface area contributed by atoms with Gasteiger partial charge in [-0.05, 0) is 19.0 Å². The van der Waals surface area contributed by atoms with E-state index in [1.807, 2.05) is 0 Å². The minimum Gasteiger partial charge on any atom is -0.460 e. The Hall–Kier alpha value is -0.943. The average molecular weight is 271 g/mol. The second kappa shape index (κ2) is 9.05. The van der Waals surface area contributed by atoms with Crippen molar-refractivity contribution in [2.24, 2.45) is 4.99 Å². The number of ether oxygens (including phenoxy) is 2. The number of esters is 1. The molecule has 0 aromatic heterocycles. The van der Waals surface area contributed by atoms with Gasteiger partial charge < -0.3 is 9.47 Å². The molecule has 0 bridgehead atoms. The monoisotopic (exact) mass is 271 g/mol. The highest BCUT2D eigenvalue weighted by atomic mass is 28.3. The van der Waals surface area contributed by atoms with Crippen molar-refractivity contribution >= 4 is 20.3 Å². The van der Waals surface area contributed by atoms with Crippen LogP contribution in [0.1, 0.15) is 6.92 Å². The Balaban J connectivity index is 3.64. The normalized spacial score (nSPS) is 13.1. The fraction of sp³-hybridized carbons (Fsp3) is 0.692. The van der Waals surface area contributed by atoms with Gasteiger partial charge in [0.05, 0.1) is 6.61 Å². The van der Waals surface area contributed by atoms with Crippen molar-refractivity contribution in [1.82, 2.24) is 0 Å². The SMILES string of the molecule is CN=CC=C(C)C(=O)OCCOCC[Si](C)(C)C. The van der Waals surface area contributed by atoms with Gasteiger partial charge in [-0.3, -0.25) is 4.99 Å². The van der Waals surface area contributed by atoms with Crippen LogP contribution in [0.4, 0.5) is 0 Å². The highest BCUT2D eigenvalue weighted by Gasteiger charge is 2.12. The van der Waals surface area contributed by atoms with E-state index in [1.54, 1.807) is 26.3 Å². The van der Waals surface area contributed by atoms with Gasteiger partial charge in [-0.1, -0.05) is 19.6 Å². The Morgan fingerprint density at radius 2 is 1.89 bits per heavy atom.